The number of nitrogens with one attached hydrogen (secondary N) is 1. The molecule has 0 aromatic carbocycles. The number of carbonyl (C=O) groups is 2. The van der Waals surface area contributed by atoms with Crippen LogP contribution in [0.25, 0.3) is 0 Å². The van der Waals surface area contributed by atoms with Gasteiger partial charge in [-0.15, -0.1) is 0 Å². The zero-order valence-electron chi connectivity index (χ0n) is 11.1. The van der Waals surface area contributed by atoms with Gasteiger partial charge in [0.05, 0.1) is 11.8 Å². The van der Waals surface area contributed by atoms with Crippen LogP contribution in [-0.2, 0) is 9.59 Å². The van der Waals surface area contributed by atoms with Gasteiger partial charge in [0.15, 0.2) is 0 Å². The van der Waals surface area contributed by atoms with Crippen molar-refractivity contribution in [2.45, 2.75) is 19.3 Å². The molecule has 2 atom stereocenters. The molecule has 0 saturated heterocycles. The SMILES string of the molecule is CN(C)CCCNC(=O)[C@@H]1CC=CC[C@@H]1C(=O)O. The van der Waals surface area contributed by atoms with Gasteiger partial charge in [-0.05, 0) is 39.9 Å². The van der Waals surface area contributed by atoms with Crippen molar-refractivity contribution in [3.8, 4) is 0 Å². The van der Waals surface area contributed by atoms with Crippen molar-refractivity contribution in [2.75, 3.05) is 27.2 Å². The molecule has 0 aromatic heterocycles. The first-order valence-corrected chi connectivity index (χ1v) is 6.32. The van der Waals surface area contributed by atoms with Crippen molar-refractivity contribution >= 4 is 11.9 Å². The van der Waals surface area contributed by atoms with Crippen LogP contribution in [0.4, 0.5) is 0 Å². The highest BCUT2D eigenvalue weighted by Crippen LogP contribution is 2.25. The van der Waals surface area contributed by atoms with Crippen LogP contribution in [0.2, 0.25) is 0 Å². The largest absolute Gasteiger partial charge is 0.481 e. The topological polar surface area (TPSA) is 69.6 Å². The molecule has 0 fully saturated rings. The number of rotatable bonds is 6. The summed E-state index contributed by atoms with van der Waals surface area (Å²) in [6, 6.07) is 0. The molecular formula is C13H22N2O3. The Kier molecular flexibility index (Phi) is 5.85. The van der Waals surface area contributed by atoms with Crippen LogP contribution < -0.4 is 5.32 Å². The standard InChI is InChI=1S/C13H22N2O3/c1-15(2)9-5-8-14-12(16)10-6-3-4-7-11(10)13(17)18/h3-4,10-11H,5-9H2,1-2H3,(H,14,16)(H,17,18)/t10-,11+/m1/s1. The summed E-state index contributed by atoms with van der Waals surface area (Å²) in [5.41, 5.74) is 0. The number of carboxylic acid groups (broad SMARTS) is 1. The highest BCUT2D eigenvalue weighted by Gasteiger charge is 2.33. The smallest absolute Gasteiger partial charge is 0.307 e. The zero-order valence-corrected chi connectivity index (χ0v) is 11.1. The summed E-state index contributed by atoms with van der Waals surface area (Å²) >= 11 is 0. The summed E-state index contributed by atoms with van der Waals surface area (Å²) in [6.45, 7) is 1.51. The van der Waals surface area contributed by atoms with E-state index in [9.17, 15) is 9.59 Å². The molecule has 0 saturated carbocycles. The molecule has 0 spiro atoms. The number of carboxylic acids is 1. The molecule has 0 bridgehead atoms. The minimum absolute atomic E-state index is 0.134. The monoisotopic (exact) mass is 254 g/mol. The fourth-order valence-electron chi connectivity index (χ4n) is 2.11. The van der Waals surface area contributed by atoms with Crippen LogP contribution in [0.15, 0.2) is 12.2 Å². The minimum Gasteiger partial charge on any atom is -0.481 e. The number of hydrogen-bond donors (Lipinski definition) is 2. The third-order valence-corrected chi connectivity index (χ3v) is 3.17. The lowest BCUT2D eigenvalue weighted by Gasteiger charge is -2.24. The van der Waals surface area contributed by atoms with Crippen LogP contribution in [0.5, 0.6) is 0 Å². The van der Waals surface area contributed by atoms with Gasteiger partial charge in [0.1, 0.15) is 0 Å². The first-order chi connectivity index (χ1) is 8.52. The van der Waals surface area contributed by atoms with E-state index in [1.807, 2.05) is 26.2 Å². The Morgan fingerprint density at radius 3 is 2.44 bits per heavy atom. The lowest BCUT2D eigenvalue weighted by molar-refractivity contribution is -0.147. The summed E-state index contributed by atoms with van der Waals surface area (Å²) in [4.78, 5) is 25.1. The van der Waals surface area contributed by atoms with Gasteiger partial charge in [-0.25, -0.2) is 0 Å². The van der Waals surface area contributed by atoms with Crippen LogP contribution in [0.3, 0.4) is 0 Å². The van der Waals surface area contributed by atoms with E-state index in [2.05, 4.69) is 10.2 Å². The second kappa shape index (κ2) is 7.16. The number of amides is 1. The Labute approximate surface area is 108 Å². The van der Waals surface area contributed by atoms with E-state index in [0.717, 1.165) is 13.0 Å². The van der Waals surface area contributed by atoms with Crippen LogP contribution in [0, 0.1) is 11.8 Å². The van der Waals surface area contributed by atoms with Crippen molar-refractivity contribution < 1.29 is 14.7 Å². The Morgan fingerprint density at radius 1 is 1.28 bits per heavy atom. The molecule has 2 N–H and O–H groups in total. The van der Waals surface area contributed by atoms with E-state index in [1.165, 1.54) is 0 Å². The predicted octanol–water partition coefficient (Wildman–Crippen LogP) is 0.721. The molecule has 5 heteroatoms. The maximum Gasteiger partial charge on any atom is 0.307 e. The molecule has 18 heavy (non-hydrogen) atoms. The minimum atomic E-state index is -0.882. The lowest BCUT2D eigenvalue weighted by Crippen LogP contribution is -2.39. The van der Waals surface area contributed by atoms with E-state index in [1.54, 1.807) is 0 Å². The van der Waals surface area contributed by atoms with Crippen LogP contribution in [0.1, 0.15) is 19.3 Å². The average molecular weight is 254 g/mol. The fraction of sp³-hybridized carbons (Fsp3) is 0.692. The van der Waals surface area contributed by atoms with Crippen molar-refractivity contribution in [3.63, 3.8) is 0 Å². The third kappa shape index (κ3) is 4.49. The molecule has 0 heterocycles. The van der Waals surface area contributed by atoms with E-state index in [4.69, 9.17) is 5.11 Å². The van der Waals surface area contributed by atoms with Gasteiger partial charge in [0.2, 0.25) is 5.91 Å². The van der Waals surface area contributed by atoms with Crippen LogP contribution >= 0.6 is 0 Å². The van der Waals surface area contributed by atoms with E-state index in [-0.39, 0.29) is 5.91 Å². The maximum atomic E-state index is 11.9. The number of nitrogens with zero attached hydrogens (tertiary/aromatic N) is 1. The lowest BCUT2D eigenvalue weighted by atomic mass is 9.82. The molecule has 102 valence electrons. The normalized spacial score (nSPS) is 23.1. The Morgan fingerprint density at radius 2 is 1.89 bits per heavy atom. The summed E-state index contributed by atoms with van der Waals surface area (Å²) in [7, 11) is 3.96. The van der Waals surface area contributed by atoms with Crippen LogP contribution in [-0.4, -0.2) is 49.1 Å². The van der Waals surface area contributed by atoms with Gasteiger partial charge in [-0.3, -0.25) is 9.59 Å². The molecule has 0 aromatic rings. The highest BCUT2D eigenvalue weighted by atomic mass is 16.4. The van der Waals surface area contributed by atoms with E-state index >= 15 is 0 Å². The molecule has 0 unspecified atom stereocenters. The first kappa shape index (κ1) is 14.7. The highest BCUT2D eigenvalue weighted by molar-refractivity contribution is 5.85. The fourth-order valence-corrected chi connectivity index (χ4v) is 2.11. The van der Waals surface area contributed by atoms with Gasteiger partial charge in [0.25, 0.3) is 0 Å². The molecule has 1 aliphatic rings. The molecule has 0 aliphatic heterocycles. The van der Waals surface area contributed by atoms with Crippen molar-refractivity contribution in [3.05, 3.63) is 12.2 Å². The zero-order chi connectivity index (χ0) is 13.5. The Balaban J connectivity index is 2.39. The molecular weight excluding hydrogens is 232 g/mol. The molecule has 1 amide bonds. The Bertz CT molecular complexity index is 326. The molecule has 1 aliphatic carbocycles. The predicted molar refractivity (Wildman–Crippen MR) is 69.2 cm³/mol. The first-order valence-electron chi connectivity index (χ1n) is 6.32. The summed E-state index contributed by atoms with van der Waals surface area (Å²) in [5, 5.41) is 11.9. The molecule has 5 nitrogen and oxygen atoms in total. The number of hydrogen-bond acceptors (Lipinski definition) is 3. The van der Waals surface area contributed by atoms with Gasteiger partial charge in [-0.1, -0.05) is 12.2 Å². The number of allylic oxidation sites excluding steroid dienone is 2. The molecule has 1 rings (SSSR count). The van der Waals surface area contributed by atoms with Gasteiger partial charge >= 0.3 is 5.97 Å². The third-order valence-electron chi connectivity index (χ3n) is 3.17. The summed E-state index contributed by atoms with van der Waals surface area (Å²) in [5.74, 6) is -2.02. The van der Waals surface area contributed by atoms with Gasteiger partial charge in [-0.2, -0.15) is 0 Å². The van der Waals surface area contributed by atoms with Crippen molar-refractivity contribution in [2.24, 2.45) is 11.8 Å². The van der Waals surface area contributed by atoms with Crippen molar-refractivity contribution in [1.29, 1.82) is 0 Å². The van der Waals surface area contributed by atoms with Gasteiger partial charge < -0.3 is 15.3 Å². The maximum absolute atomic E-state index is 11.9. The summed E-state index contributed by atoms with van der Waals surface area (Å²) < 4.78 is 0. The quantitative estimate of drug-likeness (QED) is 0.541. The second-order valence-corrected chi connectivity index (χ2v) is 4.94. The second-order valence-electron chi connectivity index (χ2n) is 4.94. The van der Waals surface area contributed by atoms with Crippen molar-refractivity contribution in [1.82, 2.24) is 10.2 Å². The molecule has 0 radical (unpaired) electrons. The number of carbonyl (C=O) groups excluding carboxylic acids is 1. The van der Waals surface area contributed by atoms with E-state index < -0.39 is 17.8 Å². The average Bonchev–Trinajstić information content (AvgIpc) is 2.34. The number of aliphatic carboxylic acids is 1. The Hall–Kier alpha value is -1.36. The van der Waals surface area contributed by atoms with E-state index in [0.29, 0.717) is 19.4 Å². The van der Waals surface area contributed by atoms with Gasteiger partial charge in [0, 0.05) is 6.54 Å². The summed E-state index contributed by atoms with van der Waals surface area (Å²) in [6.07, 6.45) is 5.58.